The Kier molecular flexibility index (Phi) is 4.54. The van der Waals surface area contributed by atoms with Crippen molar-refractivity contribution >= 4 is 11.9 Å². The van der Waals surface area contributed by atoms with Crippen LogP contribution < -0.4 is 5.73 Å². The molecule has 0 spiro atoms. The molecule has 0 unspecified atom stereocenters. The van der Waals surface area contributed by atoms with Gasteiger partial charge in [0.1, 0.15) is 0 Å². The first kappa shape index (κ1) is 15.3. The molecule has 3 N–H and O–H groups in total. The number of carboxylic acid groups (broad SMARTS) is 1. The number of carbonyl (C=O) groups excluding carboxylic acids is 1. The lowest BCUT2D eigenvalue weighted by Gasteiger charge is -2.11. The van der Waals surface area contributed by atoms with Gasteiger partial charge in [-0.15, -0.1) is 0 Å². The Morgan fingerprint density at radius 2 is 1.55 bits per heavy atom. The number of hydrogen-bond donors (Lipinski definition) is 2. The molecule has 22 heavy (non-hydrogen) atoms. The molecule has 1 atom stereocenters. The minimum atomic E-state index is -1.08. The van der Waals surface area contributed by atoms with Gasteiger partial charge < -0.3 is 10.8 Å². The third-order valence-electron chi connectivity index (χ3n) is 3.36. The van der Waals surface area contributed by atoms with Crippen LogP contribution >= 0.6 is 0 Å². The third kappa shape index (κ3) is 3.49. The molecule has 2 rings (SSSR count). The molecule has 5 nitrogen and oxygen atoms in total. The molecule has 110 valence electrons. The van der Waals surface area contributed by atoms with Gasteiger partial charge in [-0.3, -0.25) is 9.59 Å². The Morgan fingerprint density at radius 1 is 1.05 bits per heavy atom. The van der Waals surface area contributed by atoms with Crippen LogP contribution in [-0.4, -0.2) is 17.0 Å². The molecule has 0 aliphatic carbocycles. The van der Waals surface area contributed by atoms with E-state index in [1.54, 1.807) is 36.4 Å². The first-order valence-corrected chi connectivity index (χ1v) is 6.63. The fraction of sp³-hybridized carbons (Fsp3) is 0.118. The van der Waals surface area contributed by atoms with E-state index in [1.165, 1.54) is 0 Å². The molecule has 0 saturated carbocycles. The van der Waals surface area contributed by atoms with Gasteiger partial charge in [-0.2, -0.15) is 5.26 Å². The second-order valence-corrected chi connectivity index (χ2v) is 4.87. The highest BCUT2D eigenvalue weighted by Crippen LogP contribution is 2.25. The zero-order valence-corrected chi connectivity index (χ0v) is 11.7. The summed E-state index contributed by atoms with van der Waals surface area (Å²) in [4.78, 5) is 22.2. The number of hydrogen-bond acceptors (Lipinski definition) is 3. The van der Waals surface area contributed by atoms with Crippen LogP contribution in [-0.2, 0) is 9.59 Å². The minimum absolute atomic E-state index is 0.231. The van der Waals surface area contributed by atoms with Crippen LogP contribution in [0.3, 0.4) is 0 Å². The van der Waals surface area contributed by atoms with Crippen LogP contribution in [0.5, 0.6) is 0 Å². The molecular weight excluding hydrogens is 280 g/mol. The van der Waals surface area contributed by atoms with Crippen LogP contribution in [0.15, 0.2) is 48.5 Å². The number of rotatable bonds is 5. The molecule has 0 aliphatic heterocycles. The van der Waals surface area contributed by atoms with Crippen molar-refractivity contribution in [2.45, 2.75) is 12.3 Å². The van der Waals surface area contributed by atoms with E-state index in [-0.39, 0.29) is 6.42 Å². The maximum Gasteiger partial charge on any atom is 0.311 e. The molecule has 0 fully saturated rings. The number of nitrogens with zero attached hydrogens (tertiary/aromatic N) is 1. The van der Waals surface area contributed by atoms with Gasteiger partial charge in [0.05, 0.1) is 17.6 Å². The molecule has 5 heteroatoms. The average molecular weight is 294 g/mol. The van der Waals surface area contributed by atoms with Gasteiger partial charge in [0.25, 0.3) is 0 Å². The Hall–Kier alpha value is -3.13. The first-order chi connectivity index (χ1) is 10.5. The smallest absolute Gasteiger partial charge is 0.311 e. The van der Waals surface area contributed by atoms with E-state index in [4.69, 9.17) is 11.0 Å². The molecular formula is C17H14N2O3. The van der Waals surface area contributed by atoms with Crippen molar-refractivity contribution < 1.29 is 14.7 Å². The molecule has 0 bridgehead atoms. The normalized spacial score (nSPS) is 11.4. The quantitative estimate of drug-likeness (QED) is 0.882. The number of carbonyl (C=O) groups is 2. The van der Waals surface area contributed by atoms with Crippen molar-refractivity contribution in [3.05, 3.63) is 59.7 Å². The zero-order chi connectivity index (χ0) is 16.1. The second kappa shape index (κ2) is 6.55. The van der Waals surface area contributed by atoms with E-state index in [0.717, 1.165) is 11.1 Å². The van der Waals surface area contributed by atoms with E-state index < -0.39 is 17.8 Å². The summed E-state index contributed by atoms with van der Waals surface area (Å²) in [7, 11) is 0. The van der Waals surface area contributed by atoms with E-state index >= 15 is 0 Å². The number of carboxylic acids is 1. The lowest BCUT2D eigenvalue weighted by Crippen LogP contribution is -2.20. The van der Waals surface area contributed by atoms with Crippen molar-refractivity contribution in [1.29, 1.82) is 5.26 Å². The summed E-state index contributed by atoms with van der Waals surface area (Å²) < 4.78 is 0. The fourth-order valence-electron chi connectivity index (χ4n) is 2.19. The Bertz CT molecular complexity index is 728. The summed E-state index contributed by atoms with van der Waals surface area (Å²) in [5.74, 6) is -2.67. The number of primary amides is 1. The van der Waals surface area contributed by atoms with Crippen molar-refractivity contribution in [3.63, 3.8) is 0 Å². The third-order valence-corrected chi connectivity index (χ3v) is 3.36. The van der Waals surface area contributed by atoms with Gasteiger partial charge >= 0.3 is 5.97 Å². The predicted octanol–water partition coefficient (Wildman–Crippen LogP) is 2.27. The van der Waals surface area contributed by atoms with Crippen molar-refractivity contribution in [1.82, 2.24) is 0 Å². The SMILES string of the molecule is N#Cc1ccc(-c2ccc([C@H](CC(N)=O)C(=O)O)cc2)cc1. The number of benzene rings is 2. The number of aliphatic carboxylic acids is 1. The van der Waals surface area contributed by atoms with E-state index in [2.05, 4.69) is 6.07 Å². The van der Waals surface area contributed by atoms with Gasteiger partial charge in [-0.05, 0) is 28.8 Å². The fourth-order valence-corrected chi connectivity index (χ4v) is 2.19. The Morgan fingerprint density at radius 3 is 1.95 bits per heavy atom. The van der Waals surface area contributed by atoms with Crippen LogP contribution in [0.25, 0.3) is 11.1 Å². The van der Waals surface area contributed by atoms with E-state index in [9.17, 15) is 14.7 Å². The molecule has 0 radical (unpaired) electrons. The first-order valence-electron chi connectivity index (χ1n) is 6.63. The molecule has 2 aromatic carbocycles. The Labute approximate surface area is 127 Å². The monoisotopic (exact) mass is 294 g/mol. The highest BCUT2D eigenvalue weighted by molar-refractivity contribution is 5.85. The van der Waals surface area contributed by atoms with Gasteiger partial charge in [-0.1, -0.05) is 36.4 Å². The largest absolute Gasteiger partial charge is 0.481 e. The number of amides is 1. The lowest BCUT2D eigenvalue weighted by molar-refractivity contribution is -0.140. The second-order valence-electron chi connectivity index (χ2n) is 4.87. The minimum Gasteiger partial charge on any atom is -0.481 e. The summed E-state index contributed by atoms with van der Waals surface area (Å²) in [5, 5.41) is 18.0. The highest BCUT2D eigenvalue weighted by atomic mass is 16.4. The summed E-state index contributed by atoms with van der Waals surface area (Å²) in [6, 6.07) is 16.1. The van der Waals surface area contributed by atoms with Crippen LogP contribution in [0, 0.1) is 11.3 Å². The van der Waals surface area contributed by atoms with E-state index in [0.29, 0.717) is 11.1 Å². The summed E-state index contributed by atoms with van der Waals surface area (Å²) in [5.41, 5.74) is 8.02. The highest BCUT2D eigenvalue weighted by Gasteiger charge is 2.21. The van der Waals surface area contributed by atoms with E-state index in [1.807, 2.05) is 12.1 Å². The van der Waals surface area contributed by atoms with Gasteiger partial charge in [-0.25, -0.2) is 0 Å². The predicted molar refractivity (Wildman–Crippen MR) is 80.8 cm³/mol. The molecule has 2 aromatic rings. The van der Waals surface area contributed by atoms with Crippen molar-refractivity contribution in [2.24, 2.45) is 5.73 Å². The number of nitriles is 1. The maximum atomic E-state index is 11.2. The van der Waals surface area contributed by atoms with Gasteiger partial charge in [0.15, 0.2) is 0 Å². The molecule has 1 amide bonds. The van der Waals surface area contributed by atoms with Crippen molar-refractivity contribution in [2.75, 3.05) is 0 Å². The molecule has 0 aromatic heterocycles. The topological polar surface area (TPSA) is 104 Å². The summed E-state index contributed by atoms with van der Waals surface area (Å²) >= 11 is 0. The molecule has 0 aliphatic rings. The van der Waals surface area contributed by atoms with Gasteiger partial charge in [0, 0.05) is 6.42 Å². The standard InChI is InChI=1S/C17H14N2O3/c18-10-11-1-3-12(4-2-11)13-5-7-14(8-6-13)15(17(21)22)9-16(19)20/h1-8,15H,9H2,(H2,19,20)(H,21,22)/t15-/m0/s1. The maximum absolute atomic E-state index is 11.2. The zero-order valence-electron chi connectivity index (χ0n) is 11.7. The molecule has 0 heterocycles. The van der Waals surface area contributed by atoms with Crippen LogP contribution in [0.4, 0.5) is 0 Å². The summed E-state index contributed by atoms with van der Waals surface area (Å²) in [6.45, 7) is 0. The lowest BCUT2D eigenvalue weighted by atomic mass is 9.93. The van der Waals surface area contributed by atoms with Crippen LogP contribution in [0.1, 0.15) is 23.5 Å². The van der Waals surface area contributed by atoms with Gasteiger partial charge in [0.2, 0.25) is 5.91 Å². The molecule has 0 saturated heterocycles. The van der Waals surface area contributed by atoms with Crippen LogP contribution in [0.2, 0.25) is 0 Å². The summed E-state index contributed by atoms with van der Waals surface area (Å²) in [6.07, 6.45) is -0.231. The Balaban J connectivity index is 2.26. The van der Waals surface area contributed by atoms with Crippen molar-refractivity contribution in [3.8, 4) is 17.2 Å². The average Bonchev–Trinajstić information content (AvgIpc) is 2.52. The number of nitrogens with two attached hydrogens (primary N) is 1.